The second-order valence-corrected chi connectivity index (χ2v) is 5.88. The van der Waals surface area contributed by atoms with Gasteiger partial charge in [0.25, 0.3) is 0 Å². The van der Waals surface area contributed by atoms with Crippen LogP contribution in [-0.2, 0) is 6.42 Å². The molecule has 0 saturated carbocycles. The fraction of sp³-hybridized carbons (Fsp3) is 0.375. The zero-order valence-corrected chi connectivity index (χ0v) is 13.0. The van der Waals surface area contributed by atoms with Crippen LogP contribution in [0.15, 0.2) is 24.4 Å². The quantitative estimate of drug-likeness (QED) is 0.793. The number of benzene rings is 1. The van der Waals surface area contributed by atoms with Crippen molar-refractivity contribution >= 4 is 17.4 Å². The Kier molecular flexibility index (Phi) is 4.29. The lowest BCUT2D eigenvalue weighted by Crippen LogP contribution is -2.15. The molecule has 0 radical (unpaired) electrons. The Hall–Kier alpha value is -1.61. The summed E-state index contributed by atoms with van der Waals surface area (Å²) in [7, 11) is 0. The summed E-state index contributed by atoms with van der Waals surface area (Å²) < 4.78 is 1.69. The highest BCUT2D eigenvalue weighted by Gasteiger charge is 2.19. The van der Waals surface area contributed by atoms with Crippen molar-refractivity contribution in [3.63, 3.8) is 0 Å². The topological polar surface area (TPSA) is 34.9 Å². The van der Waals surface area contributed by atoms with E-state index in [1.807, 2.05) is 39.8 Å². The summed E-state index contributed by atoms with van der Waals surface area (Å²) in [6, 6.07) is 6.28. The van der Waals surface area contributed by atoms with E-state index in [4.69, 9.17) is 11.6 Å². The maximum atomic E-state index is 12.5. The van der Waals surface area contributed by atoms with Crippen LogP contribution in [0.5, 0.6) is 0 Å². The molecule has 0 amide bonds. The van der Waals surface area contributed by atoms with Gasteiger partial charge in [0.15, 0.2) is 5.78 Å². The lowest BCUT2D eigenvalue weighted by Gasteiger charge is -2.11. The van der Waals surface area contributed by atoms with Crippen molar-refractivity contribution in [1.29, 1.82) is 0 Å². The van der Waals surface area contributed by atoms with Gasteiger partial charge in [-0.25, -0.2) is 0 Å². The molecule has 4 heteroatoms. The molecule has 0 saturated heterocycles. The Balaban J connectivity index is 2.31. The molecule has 1 heterocycles. The molecule has 0 N–H and O–H groups in total. The van der Waals surface area contributed by atoms with Gasteiger partial charge in [-0.15, -0.1) is 0 Å². The van der Waals surface area contributed by atoms with E-state index in [-0.39, 0.29) is 11.8 Å². The molecule has 106 valence electrons. The number of nitrogens with zero attached hydrogens (tertiary/aromatic N) is 2. The Morgan fingerprint density at radius 2 is 1.85 bits per heavy atom. The van der Waals surface area contributed by atoms with Gasteiger partial charge in [0.1, 0.15) is 5.69 Å². The summed E-state index contributed by atoms with van der Waals surface area (Å²) in [6.45, 7) is 8.03. The number of ketones is 1. The van der Waals surface area contributed by atoms with E-state index in [2.05, 4.69) is 11.2 Å². The summed E-state index contributed by atoms with van der Waals surface area (Å²) in [5, 5.41) is 4.60. The van der Waals surface area contributed by atoms with E-state index in [1.165, 1.54) is 6.20 Å². The van der Waals surface area contributed by atoms with Crippen LogP contribution in [0.2, 0.25) is 5.02 Å². The zero-order valence-electron chi connectivity index (χ0n) is 12.3. The van der Waals surface area contributed by atoms with Crippen molar-refractivity contribution in [2.45, 2.75) is 40.2 Å². The predicted octanol–water partition coefficient (Wildman–Crippen LogP) is 4.16. The molecule has 0 aliphatic carbocycles. The minimum Gasteiger partial charge on any atom is -0.292 e. The van der Waals surface area contributed by atoms with Crippen molar-refractivity contribution in [1.82, 2.24) is 9.78 Å². The van der Waals surface area contributed by atoms with Gasteiger partial charge in [-0.1, -0.05) is 40.9 Å². The largest absolute Gasteiger partial charge is 0.292 e. The molecule has 3 nitrogen and oxygen atoms in total. The monoisotopic (exact) mass is 290 g/mol. The highest BCUT2D eigenvalue weighted by atomic mass is 35.5. The van der Waals surface area contributed by atoms with Crippen molar-refractivity contribution in [3.05, 3.63) is 51.8 Å². The summed E-state index contributed by atoms with van der Waals surface area (Å²) in [5.41, 5.74) is 3.84. The lowest BCUT2D eigenvalue weighted by molar-refractivity contribution is 0.0981. The fourth-order valence-electron chi connectivity index (χ4n) is 2.43. The van der Waals surface area contributed by atoms with Crippen LogP contribution in [0.3, 0.4) is 0 Å². The Morgan fingerprint density at radius 1 is 1.25 bits per heavy atom. The number of halogens is 1. The first-order valence-corrected chi connectivity index (χ1v) is 7.09. The molecule has 2 aromatic rings. The Bertz CT molecular complexity index is 624. The van der Waals surface area contributed by atoms with E-state index < -0.39 is 0 Å². The number of carbonyl (C=O) groups is 1. The van der Waals surface area contributed by atoms with Gasteiger partial charge in [0, 0.05) is 12.5 Å². The number of hydrogen-bond acceptors (Lipinski definition) is 2. The van der Waals surface area contributed by atoms with Gasteiger partial charge < -0.3 is 0 Å². The van der Waals surface area contributed by atoms with Gasteiger partial charge in [0.05, 0.1) is 11.2 Å². The minimum atomic E-state index is 0.00574. The molecule has 2 rings (SSSR count). The predicted molar refractivity (Wildman–Crippen MR) is 81.6 cm³/mol. The highest BCUT2D eigenvalue weighted by Crippen LogP contribution is 2.21. The summed E-state index contributed by atoms with van der Waals surface area (Å²) in [6.07, 6.45) is 1.89. The van der Waals surface area contributed by atoms with Gasteiger partial charge in [0.2, 0.25) is 0 Å². The van der Waals surface area contributed by atoms with E-state index in [1.54, 1.807) is 4.68 Å². The van der Waals surface area contributed by atoms with Gasteiger partial charge in [-0.3, -0.25) is 9.48 Å². The van der Waals surface area contributed by atoms with Crippen molar-refractivity contribution in [3.8, 4) is 0 Å². The molecule has 0 atom stereocenters. The maximum absolute atomic E-state index is 12.5. The first-order chi connectivity index (χ1) is 9.38. The first kappa shape index (κ1) is 14.8. The maximum Gasteiger partial charge on any atom is 0.186 e. The summed E-state index contributed by atoms with van der Waals surface area (Å²) >= 11 is 6.11. The third kappa shape index (κ3) is 3.10. The molecule has 0 spiro atoms. The summed E-state index contributed by atoms with van der Waals surface area (Å²) in [4.78, 5) is 12.5. The van der Waals surface area contributed by atoms with Crippen LogP contribution >= 0.6 is 11.6 Å². The average molecular weight is 291 g/mol. The van der Waals surface area contributed by atoms with Crippen LogP contribution in [0, 0.1) is 13.8 Å². The van der Waals surface area contributed by atoms with Crippen molar-refractivity contribution < 1.29 is 4.79 Å². The molecule has 1 aromatic heterocycles. The standard InChI is InChI=1S/C16H19ClN2O/c1-10(2)19-16(14(17)9-18-19)15(20)8-13-6-11(3)5-12(4)7-13/h5-7,9-10H,8H2,1-4H3. The second-order valence-electron chi connectivity index (χ2n) is 5.48. The van der Waals surface area contributed by atoms with Crippen LogP contribution in [0.1, 0.15) is 47.1 Å². The molecule has 0 bridgehead atoms. The first-order valence-electron chi connectivity index (χ1n) is 6.72. The number of aryl methyl sites for hydroxylation is 2. The number of aromatic nitrogens is 2. The molecule has 20 heavy (non-hydrogen) atoms. The molecule has 0 unspecified atom stereocenters. The van der Waals surface area contributed by atoms with Gasteiger partial charge >= 0.3 is 0 Å². The minimum absolute atomic E-state index is 0.00574. The van der Waals surface area contributed by atoms with Gasteiger partial charge in [-0.2, -0.15) is 5.10 Å². The van der Waals surface area contributed by atoms with Crippen LogP contribution in [0.25, 0.3) is 0 Å². The molecule has 0 aliphatic rings. The Labute approximate surface area is 124 Å². The van der Waals surface area contributed by atoms with Crippen LogP contribution in [-0.4, -0.2) is 15.6 Å². The molecular weight excluding hydrogens is 272 g/mol. The Morgan fingerprint density at radius 3 is 2.40 bits per heavy atom. The van der Waals surface area contributed by atoms with Crippen molar-refractivity contribution in [2.24, 2.45) is 0 Å². The normalized spacial score (nSPS) is 11.1. The number of rotatable bonds is 4. The molecular formula is C16H19ClN2O. The SMILES string of the molecule is Cc1cc(C)cc(CC(=O)c2c(Cl)cnn2C(C)C)c1. The van der Waals surface area contributed by atoms with E-state index in [9.17, 15) is 4.79 Å². The van der Waals surface area contributed by atoms with E-state index in [0.717, 1.165) is 16.7 Å². The molecule has 0 aliphatic heterocycles. The number of carbonyl (C=O) groups excluding carboxylic acids is 1. The fourth-order valence-corrected chi connectivity index (χ4v) is 2.67. The lowest BCUT2D eigenvalue weighted by atomic mass is 10.0. The van der Waals surface area contributed by atoms with E-state index in [0.29, 0.717) is 17.1 Å². The molecule has 0 fully saturated rings. The number of Topliss-reactive ketones (excluding diaryl/α,β-unsaturated/α-hetero) is 1. The number of hydrogen-bond donors (Lipinski definition) is 0. The van der Waals surface area contributed by atoms with Crippen molar-refractivity contribution in [2.75, 3.05) is 0 Å². The average Bonchev–Trinajstić information content (AvgIpc) is 2.69. The van der Waals surface area contributed by atoms with Crippen LogP contribution < -0.4 is 0 Å². The second kappa shape index (κ2) is 5.80. The molecule has 1 aromatic carbocycles. The summed E-state index contributed by atoms with van der Waals surface area (Å²) in [5.74, 6) is 0.00574. The highest BCUT2D eigenvalue weighted by molar-refractivity contribution is 6.33. The third-order valence-electron chi connectivity index (χ3n) is 3.15. The smallest absolute Gasteiger partial charge is 0.186 e. The van der Waals surface area contributed by atoms with E-state index >= 15 is 0 Å². The van der Waals surface area contributed by atoms with Crippen LogP contribution in [0.4, 0.5) is 0 Å². The van der Waals surface area contributed by atoms with Gasteiger partial charge in [-0.05, 0) is 33.3 Å². The zero-order chi connectivity index (χ0) is 14.9. The third-order valence-corrected chi connectivity index (χ3v) is 3.43.